The van der Waals surface area contributed by atoms with Crippen molar-refractivity contribution in [2.75, 3.05) is 0 Å². The molecule has 0 saturated heterocycles. The van der Waals surface area contributed by atoms with Gasteiger partial charge in [-0.05, 0) is 30.6 Å². The fourth-order valence-electron chi connectivity index (χ4n) is 2.21. The molecular formula is C12H12P2. The Morgan fingerprint density at radius 1 is 0.929 bits per heavy atom. The molecular weight excluding hydrogens is 206 g/mol. The highest BCUT2D eigenvalue weighted by atomic mass is 31.1. The third kappa shape index (κ3) is 0.962. The van der Waals surface area contributed by atoms with Crippen molar-refractivity contribution < 1.29 is 0 Å². The van der Waals surface area contributed by atoms with Crippen molar-refractivity contribution in [2.24, 2.45) is 13.3 Å². The molecule has 0 bridgehead atoms. The largest absolute Gasteiger partial charge is 0.119 e. The summed E-state index contributed by atoms with van der Waals surface area (Å²) >= 11 is 0. The molecule has 0 N–H and O–H groups in total. The lowest BCUT2D eigenvalue weighted by Gasteiger charge is -1.92. The zero-order valence-electron chi connectivity index (χ0n) is 8.36. The molecule has 2 heteroatoms. The minimum atomic E-state index is -0.0388. The molecule has 3 aromatic rings. The number of rotatable bonds is 0. The third-order valence-electron chi connectivity index (χ3n) is 2.93. The van der Waals surface area contributed by atoms with E-state index in [1.807, 2.05) is 0 Å². The maximum absolute atomic E-state index is 2.40. The predicted molar refractivity (Wildman–Crippen MR) is 68.8 cm³/mol. The predicted octanol–water partition coefficient (Wildman–Crippen LogP) is 5.04. The van der Waals surface area contributed by atoms with Crippen LogP contribution < -0.4 is 0 Å². The van der Waals surface area contributed by atoms with Crippen LogP contribution in [0.15, 0.2) is 36.1 Å². The molecule has 0 aliphatic heterocycles. The molecule has 0 fully saturated rings. The van der Waals surface area contributed by atoms with Gasteiger partial charge in [-0.3, -0.25) is 0 Å². The summed E-state index contributed by atoms with van der Waals surface area (Å²) in [5.41, 5.74) is 0. The van der Waals surface area contributed by atoms with Gasteiger partial charge in [-0.25, -0.2) is 0 Å². The van der Waals surface area contributed by atoms with Crippen molar-refractivity contribution in [2.45, 2.75) is 0 Å². The molecule has 0 radical (unpaired) electrons. The van der Waals surface area contributed by atoms with Gasteiger partial charge in [0.15, 0.2) is 0 Å². The van der Waals surface area contributed by atoms with Gasteiger partial charge in [-0.1, -0.05) is 24.3 Å². The van der Waals surface area contributed by atoms with Crippen LogP contribution in [0.4, 0.5) is 0 Å². The highest BCUT2D eigenvalue weighted by Gasteiger charge is 2.09. The first kappa shape index (κ1) is 8.60. The van der Waals surface area contributed by atoms with Crippen LogP contribution in [0.1, 0.15) is 0 Å². The lowest BCUT2D eigenvalue weighted by Crippen LogP contribution is -1.59. The molecule has 0 saturated carbocycles. The van der Waals surface area contributed by atoms with Crippen molar-refractivity contribution in [1.29, 1.82) is 0 Å². The van der Waals surface area contributed by atoms with Gasteiger partial charge < -0.3 is 0 Å². The number of aryl methyl sites for hydroxylation is 2. The van der Waals surface area contributed by atoms with Crippen LogP contribution in [0.5, 0.6) is 0 Å². The SMILES string of the molecule is Cp1ccc2c1c1ccccc1p2C. The molecule has 70 valence electrons. The van der Waals surface area contributed by atoms with Crippen LogP contribution in [-0.4, -0.2) is 0 Å². The number of hydrogen-bond acceptors (Lipinski definition) is 0. The van der Waals surface area contributed by atoms with E-state index >= 15 is 0 Å². The van der Waals surface area contributed by atoms with Crippen molar-refractivity contribution in [1.82, 2.24) is 0 Å². The van der Waals surface area contributed by atoms with Crippen molar-refractivity contribution in [3.63, 3.8) is 0 Å². The average Bonchev–Trinajstić information content (AvgIpc) is 2.70. The van der Waals surface area contributed by atoms with Gasteiger partial charge in [0, 0.05) is 15.4 Å². The van der Waals surface area contributed by atoms with Gasteiger partial charge in [-0.2, -0.15) is 0 Å². The molecule has 14 heavy (non-hydrogen) atoms. The summed E-state index contributed by atoms with van der Waals surface area (Å²) < 4.78 is 0. The van der Waals surface area contributed by atoms with Gasteiger partial charge >= 0.3 is 0 Å². The third-order valence-corrected chi connectivity index (χ3v) is 7.10. The Bertz CT molecular complexity index is 614. The van der Waals surface area contributed by atoms with E-state index in [1.54, 1.807) is 15.4 Å². The van der Waals surface area contributed by atoms with Crippen LogP contribution in [-0.2, 0) is 13.3 Å². The van der Waals surface area contributed by atoms with Crippen LogP contribution >= 0.6 is 15.1 Å². The van der Waals surface area contributed by atoms with E-state index in [2.05, 4.69) is 49.5 Å². The van der Waals surface area contributed by atoms with Crippen LogP contribution in [0, 0.1) is 0 Å². The van der Waals surface area contributed by atoms with Gasteiger partial charge in [-0.15, -0.1) is 15.1 Å². The zero-order valence-corrected chi connectivity index (χ0v) is 10.1. The molecule has 2 aromatic heterocycles. The van der Waals surface area contributed by atoms with Crippen molar-refractivity contribution in [3.05, 3.63) is 36.1 Å². The second-order valence-corrected chi connectivity index (χ2v) is 7.79. The molecule has 0 amide bonds. The van der Waals surface area contributed by atoms with E-state index in [1.165, 1.54) is 5.39 Å². The molecule has 1 aromatic carbocycles. The number of benzene rings is 1. The first-order valence-corrected chi connectivity index (χ1v) is 8.42. The Hall–Kier alpha value is -0.700. The summed E-state index contributed by atoms with van der Waals surface area (Å²) in [5, 5.41) is 6.42. The Balaban J connectivity index is 2.70. The smallest absolute Gasteiger partial charge is 0.0130 e. The van der Waals surface area contributed by atoms with Gasteiger partial charge in [0.2, 0.25) is 0 Å². The van der Waals surface area contributed by atoms with E-state index in [9.17, 15) is 0 Å². The standard InChI is InChI=1S/C12H12P2/c1-13-8-7-11-12(13)9-5-3-4-6-10(9)14(11)2/h3-8H,1-2H3. The molecule has 0 aliphatic rings. The number of hydrogen-bond donors (Lipinski definition) is 0. The molecule has 2 heterocycles. The average molecular weight is 218 g/mol. The minimum absolute atomic E-state index is 0.00334. The second kappa shape index (κ2) is 2.89. The molecule has 0 spiro atoms. The van der Waals surface area contributed by atoms with E-state index in [0.29, 0.717) is 0 Å². The maximum atomic E-state index is 2.40. The summed E-state index contributed by atoms with van der Waals surface area (Å²) in [7, 11) is -0.0422. The molecule has 0 nitrogen and oxygen atoms in total. The molecule has 2 atom stereocenters. The second-order valence-electron chi connectivity index (χ2n) is 3.74. The number of fused-ring (bicyclic) bond motifs is 3. The van der Waals surface area contributed by atoms with Crippen LogP contribution in [0.3, 0.4) is 0 Å². The Labute approximate surface area is 85.7 Å². The monoisotopic (exact) mass is 218 g/mol. The first-order chi connectivity index (χ1) is 6.79. The fraction of sp³-hybridized carbons (Fsp3) is 0.167. The van der Waals surface area contributed by atoms with Gasteiger partial charge in [0.25, 0.3) is 0 Å². The summed E-state index contributed by atoms with van der Waals surface area (Å²) in [4.78, 5) is 0. The van der Waals surface area contributed by atoms with Crippen molar-refractivity contribution in [3.8, 4) is 0 Å². The van der Waals surface area contributed by atoms with Crippen LogP contribution in [0.2, 0.25) is 0 Å². The van der Waals surface area contributed by atoms with E-state index in [0.717, 1.165) is 0 Å². The Morgan fingerprint density at radius 3 is 2.57 bits per heavy atom. The van der Waals surface area contributed by atoms with Gasteiger partial charge in [0.1, 0.15) is 0 Å². The van der Waals surface area contributed by atoms with E-state index in [-0.39, 0.29) is 15.1 Å². The lowest BCUT2D eigenvalue weighted by atomic mass is 10.2. The topological polar surface area (TPSA) is 0 Å². The zero-order chi connectivity index (χ0) is 9.71. The highest BCUT2D eigenvalue weighted by Crippen LogP contribution is 2.53. The summed E-state index contributed by atoms with van der Waals surface area (Å²) in [6.45, 7) is 4.74. The fourth-order valence-corrected chi connectivity index (χ4v) is 6.73. The van der Waals surface area contributed by atoms with Crippen molar-refractivity contribution >= 4 is 35.8 Å². The normalized spacial score (nSPS) is 14.1. The highest BCUT2D eigenvalue weighted by molar-refractivity contribution is 7.64. The Morgan fingerprint density at radius 2 is 1.71 bits per heavy atom. The quantitative estimate of drug-likeness (QED) is 0.495. The van der Waals surface area contributed by atoms with Gasteiger partial charge in [0.05, 0.1) is 0 Å². The molecule has 2 unspecified atom stereocenters. The van der Waals surface area contributed by atoms with E-state index in [4.69, 9.17) is 0 Å². The summed E-state index contributed by atoms with van der Waals surface area (Å²) in [5.74, 6) is 2.40. The maximum Gasteiger partial charge on any atom is 0.0130 e. The molecule has 0 aliphatic carbocycles. The summed E-state index contributed by atoms with van der Waals surface area (Å²) in [6.07, 6.45) is 0. The van der Waals surface area contributed by atoms with Crippen LogP contribution in [0.25, 0.3) is 20.7 Å². The summed E-state index contributed by atoms with van der Waals surface area (Å²) in [6, 6.07) is 11.3. The van der Waals surface area contributed by atoms with E-state index < -0.39 is 0 Å². The first-order valence-electron chi connectivity index (χ1n) is 4.77. The molecule has 3 rings (SSSR count). The minimum Gasteiger partial charge on any atom is -0.119 e. The Kier molecular flexibility index (Phi) is 1.78. The lowest BCUT2D eigenvalue weighted by molar-refractivity contribution is 1.87.